The van der Waals surface area contributed by atoms with Crippen LogP contribution in [0.2, 0.25) is 0 Å². The molecular weight excluding hydrogens is 561 g/mol. The standard InChI is InChI=1S/C42H36BNS/c1-25-19-27(3)41(28(4)20-25)43(42-29(5)21-26(2)22-30(42)6)31-15-17-32(18-16-31)44-37-13-9-7-11-33(37)35-24-40-36(23-38(35)44)34-12-8-10-14-39(34)45-40/h7-24H,1-6H3. The second kappa shape index (κ2) is 10.5. The number of aryl methyl sites for hydroxylation is 6. The molecule has 0 N–H and O–H groups in total. The van der Waals surface area contributed by atoms with Crippen molar-refractivity contribution < 1.29 is 0 Å². The first-order valence-electron chi connectivity index (χ1n) is 15.9. The van der Waals surface area contributed by atoms with Gasteiger partial charge in [0.15, 0.2) is 0 Å². The van der Waals surface area contributed by atoms with E-state index >= 15 is 0 Å². The Morgan fingerprint density at radius 2 is 1.02 bits per heavy atom. The lowest BCUT2D eigenvalue weighted by atomic mass is 9.34. The van der Waals surface area contributed by atoms with E-state index in [1.807, 2.05) is 11.3 Å². The molecule has 218 valence electrons. The van der Waals surface area contributed by atoms with Crippen LogP contribution in [0.3, 0.4) is 0 Å². The third-order valence-corrected chi connectivity index (χ3v) is 10.8. The normalized spacial score (nSPS) is 11.8. The van der Waals surface area contributed by atoms with Crippen LogP contribution in [0.4, 0.5) is 0 Å². The van der Waals surface area contributed by atoms with E-state index in [0.29, 0.717) is 0 Å². The summed E-state index contributed by atoms with van der Waals surface area (Å²) in [6.07, 6.45) is 0. The predicted octanol–water partition coefficient (Wildman–Crippen LogP) is 9.52. The largest absolute Gasteiger partial charge is 0.309 e. The molecule has 0 atom stereocenters. The number of rotatable bonds is 4. The van der Waals surface area contributed by atoms with Crippen LogP contribution in [0.15, 0.2) is 109 Å². The molecule has 0 saturated heterocycles. The lowest BCUT2D eigenvalue weighted by Crippen LogP contribution is -2.55. The molecule has 0 aliphatic rings. The number of para-hydroxylation sites is 1. The van der Waals surface area contributed by atoms with Gasteiger partial charge < -0.3 is 4.57 Å². The van der Waals surface area contributed by atoms with E-state index in [2.05, 4.69) is 155 Å². The molecule has 0 unspecified atom stereocenters. The van der Waals surface area contributed by atoms with Gasteiger partial charge >= 0.3 is 0 Å². The molecule has 2 aromatic heterocycles. The Hall–Kier alpha value is -4.60. The highest BCUT2D eigenvalue weighted by molar-refractivity contribution is 7.25. The number of hydrogen-bond acceptors (Lipinski definition) is 1. The van der Waals surface area contributed by atoms with Gasteiger partial charge in [-0.3, -0.25) is 0 Å². The summed E-state index contributed by atoms with van der Waals surface area (Å²) in [7, 11) is 0. The van der Waals surface area contributed by atoms with Gasteiger partial charge in [0.05, 0.1) is 11.0 Å². The van der Waals surface area contributed by atoms with E-state index in [0.717, 1.165) is 0 Å². The van der Waals surface area contributed by atoms with Gasteiger partial charge in [0.2, 0.25) is 6.71 Å². The van der Waals surface area contributed by atoms with Crippen LogP contribution in [-0.4, -0.2) is 11.3 Å². The van der Waals surface area contributed by atoms with E-state index in [4.69, 9.17) is 0 Å². The summed E-state index contributed by atoms with van der Waals surface area (Å²) in [6, 6.07) is 41.2. The number of fused-ring (bicyclic) bond motifs is 6. The van der Waals surface area contributed by atoms with Crippen LogP contribution < -0.4 is 16.4 Å². The van der Waals surface area contributed by atoms with Crippen LogP contribution >= 0.6 is 11.3 Å². The minimum absolute atomic E-state index is 0.162. The van der Waals surface area contributed by atoms with Crippen molar-refractivity contribution in [1.29, 1.82) is 0 Å². The van der Waals surface area contributed by atoms with Gasteiger partial charge in [-0.2, -0.15) is 0 Å². The molecule has 1 nitrogen and oxygen atoms in total. The maximum absolute atomic E-state index is 2.46. The average Bonchev–Trinajstić information content (AvgIpc) is 3.53. The van der Waals surface area contributed by atoms with Crippen molar-refractivity contribution >= 4 is 76.4 Å². The van der Waals surface area contributed by atoms with Crippen molar-refractivity contribution in [1.82, 2.24) is 4.57 Å². The summed E-state index contributed by atoms with van der Waals surface area (Å²) in [5, 5.41) is 5.27. The zero-order valence-electron chi connectivity index (χ0n) is 26.8. The number of aromatic nitrogens is 1. The lowest BCUT2D eigenvalue weighted by Gasteiger charge is -2.25. The van der Waals surface area contributed by atoms with Crippen molar-refractivity contribution in [3.05, 3.63) is 143 Å². The highest BCUT2D eigenvalue weighted by Gasteiger charge is 2.28. The topological polar surface area (TPSA) is 4.93 Å². The number of thiophene rings is 1. The van der Waals surface area contributed by atoms with Crippen molar-refractivity contribution in [2.75, 3.05) is 0 Å². The highest BCUT2D eigenvalue weighted by atomic mass is 32.1. The Bertz CT molecular complexity index is 2340. The molecule has 8 rings (SSSR count). The maximum Gasteiger partial charge on any atom is 0.242 e. The molecule has 0 aliphatic carbocycles. The molecule has 8 aromatic rings. The van der Waals surface area contributed by atoms with Crippen molar-refractivity contribution in [3.8, 4) is 5.69 Å². The second-order valence-corrected chi connectivity index (χ2v) is 14.0. The molecule has 45 heavy (non-hydrogen) atoms. The number of benzene rings is 6. The quantitative estimate of drug-likeness (QED) is 0.178. The van der Waals surface area contributed by atoms with Crippen LogP contribution in [0, 0.1) is 41.5 Å². The fourth-order valence-corrected chi connectivity index (χ4v) is 9.18. The van der Waals surface area contributed by atoms with Crippen molar-refractivity contribution in [2.45, 2.75) is 41.5 Å². The maximum atomic E-state index is 2.46. The minimum Gasteiger partial charge on any atom is -0.309 e. The molecule has 2 heterocycles. The van der Waals surface area contributed by atoms with E-state index in [1.165, 1.54) is 97.4 Å². The minimum atomic E-state index is 0.162. The van der Waals surface area contributed by atoms with Crippen LogP contribution in [-0.2, 0) is 0 Å². The molecular formula is C42H36BNS. The van der Waals surface area contributed by atoms with E-state index < -0.39 is 0 Å². The van der Waals surface area contributed by atoms with Gasteiger partial charge in [-0.15, -0.1) is 11.3 Å². The molecule has 0 aliphatic heterocycles. The van der Waals surface area contributed by atoms with Crippen LogP contribution in [0.5, 0.6) is 0 Å². The van der Waals surface area contributed by atoms with Gasteiger partial charge in [0.25, 0.3) is 0 Å². The Kier molecular flexibility index (Phi) is 6.51. The molecule has 0 spiro atoms. The Labute approximate surface area is 269 Å². The fourth-order valence-electron chi connectivity index (χ4n) is 8.05. The Morgan fingerprint density at radius 1 is 0.467 bits per heavy atom. The fraction of sp³-hybridized carbons (Fsp3) is 0.143. The van der Waals surface area contributed by atoms with Crippen molar-refractivity contribution in [2.24, 2.45) is 0 Å². The third kappa shape index (κ3) is 4.44. The van der Waals surface area contributed by atoms with E-state index in [1.54, 1.807) is 0 Å². The van der Waals surface area contributed by atoms with Crippen LogP contribution in [0.1, 0.15) is 33.4 Å². The molecule has 0 saturated carbocycles. The molecule has 3 heteroatoms. The number of nitrogens with zero attached hydrogens (tertiary/aromatic N) is 1. The van der Waals surface area contributed by atoms with Gasteiger partial charge in [0, 0.05) is 36.6 Å². The summed E-state index contributed by atoms with van der Waals surface area (Å²) in [6.45, 7) is 13.7. The highest BCUT2D eigenvalue weighted by Crippen LogP contribution is 2.40. The second-order valence-electron chi connectivity index (χ2n) is 13.0. The van der Waals surface area contributed by atoms with E-state index in [-0.39, 0.29) is 6.71 Å². The summed E-state index contributed by atoms with van der Waals surface area (Å²) in [4.78, 5) is 0. The summed E-state index contributed by atoms with van der Waals surface area (Å²) in [5.74, 6) is 0. The number of hydrogen-bond donors (Lipinski definition) is 0. The van der Waals surface area contributed by atoms with Gasteiger partial charge in [-0.25, -0.2) is 0 Å². The molecule has 0 radical (unpaired) electrons. The Balaban J connectivity index is 1.35. The SMILES string of the molecule is Cc1cc(C)c(B(c2ccc(-n3c4ccccc4c4cc5sc6ccccc6c5cc43)cc2)c2c(C)cc(C)cc2C)c(C)c1. The molecule has 6 aromatic carbocycles. The summed E-state index contributed by atoms with van der Waals surface area (Å²) < 4.78 is 5.15. The molecule has 0 bridgehead atoms. The summed E-state index contributed by atoms with van der Waals surface area (Å²) >= 11 is 1.89. The Morgan fingerprint density at radius 3 is 1.64 bits per heavy atom. The van der Waals surface area contributed by atoms with E-state index in [9.17, 15) is 0 Å². The first kappa shape index (κ1) is 27.9. The van der Waals surface area contributed by atoms with Crippen molar-refractivity contribution in [3.63, 3.8) is 0 Å². The van der Waals surface area contributed by atoms with Gasteiger partial charge in [-0.1, -0.05) is 123 Å². The van der Waals surface area contributed by atoms with Crippen LogP contribution in [0.25, 0.3) is 47.7 Å². The molecule has 0 fully saturated rings. The van der Waals surface area contributed by atoms with Gasteiger partial charge in [0.1, 0.15) is 0 Å². The first-order valence-corrected chi connectivity index (χ1v) is 16.7. The smallest absolute Gasteiger partial charge is 0.242 e. The zero-order chi connectivity index (χ0) is 31.0. The zero-order valence-corrected chi connectivity index (χ0v) is 27.6. The van der Waals surface area contributed by atoms with Gasteiger partial charge in [-0.05, 0) is 77.9 Å². The monoisotopic (exact) mass is 597 g/mol. The molecule has 0 amide bonds. The third-order valence-electron chi connectivity index (χ3n) is 9.71. The average molecular weight is 598 g/mol. The summed E-state index contributed by atoms with van der Waals surface area (Å²) in [5.41, 5.74) is 15.9. The lowest BCUT2D eigenvalue weighted by molar-refractivity contribution is 1.18. The predicted molar refractivity (Wildman–Crippen MR) is 200 cm³/mol. The first-order chi connectivity index (χ1) is 21.8.